The number of nitrogens with two attached hydrogens (primary N) is 1. The van der Waals surface area contributed by atoms with Crippen molar-refractivity contribution < 1.29 is 9.53 Å². The number of hydrogen-bond acceptors (Lipinski definition) is 5. The van der Waals surface area contributed by atoms with Crippen molar-refractivity contribution in [1.82, 2.24) is 9.97 Å². The van der Waals surface area contributed by atoms with Gasteiger partial charge in [-0.3, -0.25) is 10.1 Å². The number of methoxy groups -OCH3 is 1. The first kappa shape index (κ1) is 10.4. The van der Waals surface area contributed by atoms with Crippen LogP contribution in [0.2, 0.25) is 0 Å². The van der Waals surface area contributed by atoms with Crippen LogP contribution in [0.25, 0.3) is 0 Å². The maximum absolute atomic E-state index is 10.9. The van der Waals surface area contributed by atoms with Gasteiger partial charge in [0.15, 0.2) is 0 Å². The average Bonchev–Trinajstić information content (AvgIpc) is 2.16. The second-order valence-electron chi connectivity index (χ2n) is 2.63. The molecule has 0 fully saturated rings. The Morgan fingerprint density at radius 2 is 2.36 bits per heavy atom. The summed E-state index contributed by atoms with van der Waals surface area (Å²) in [5, 5.41) is 2.44. The highest BCUT2D eigenvalue weighted by Crippen LogP contribution is 2.10. The highest BCUT2D eigenvalue weighted by Gasteiger charge is 2.04. The third-order valence-electron chi connectivity index (χ3n) is 1.48. The van der Waals surface area contributed by atoms with Crippen LogP contribution in [0.5, 0.6) is 5.88 Å². The molecule has 1 rings (SSSR count). The maximum atomic E-state index is 10.9. The third-order valence-corrected chi connectivity index (χ3v) is 1.48. The van der Waals surface area contributed by atoms with Crippen LogP contribution >= 0.6 is 0 Å². The molecular formula is C8H12N4O2. The van der Waals surface area contributed by atoms with Crippen LogP contribution in [0, 0.1) is 6.92 Å². The van der Waals surface area contributed by atoms with Crippen LogP contribution in [-0.2, 0) is 4.79 Å². The molecule has 0 aliphatic carbocycles. The van der Waals surface area contributed by atoms with E-state index in [0.717, 1.165) is 0 Å². The summed E-state index contributed by atoms with van der Waals surface area (Å²) < 4.78 is 4.92. The topological polar surface area (TPSA) is 90.1 Å². The molecule has 0 saturated carbocycles. The number of aryl methyl sites for hydroxylation is 1. The Morgan fingerprint density at radius 3 is 2.93 bits per heavy atom. The van der Waals surface area contributed by atoms with Crippen LogP contribution in [0.4, 0.5) is 5.95 Å². The first-order valence-corrected chi connectivity index (χ1v) is 4.05. The quantitative estimate of drug-likeness (QED) is 0.692. The number of amides is 1. The predicted molar refractivity (Wildman–Crippen MR) is 51.0 cm³/mol. The average molecular weight is 196 g/mol. The zero-order valence-electron chi connectivity index (χ0n) is 8.07. The number of rotatable bonds is 3. The lowest BCUT2D eigenvalue weighted by Crippen LogP contribution is -2.23. The molecule has 0 unspecified atom stereocenters. The second-order valence-corrected chi connectivity index (χ2v) is 2.63. The summed E-state index contributed by atoms with van der Waals surface area (Å²) in [7, 11) is 1.50. The molecule has 0 saturated heterocycles. The van der Waals surface area contributed by atoms with Gasteiger partial charge in [-0.25, -0.2) is 4.98 Å². The second kappa shape index (κ2) is 4.52. The van der Waals surface area contributed by atoms with Crippen molar-refractivity contribution in [2.24, 2.45) is 5.73 Å². The lowest BCUT2D eigenvalue weighted by atomic mass is 10.4. The van der Waals surface area contributed by atoms with E-state index in [2.05, 4.69) is 15.3 Å². The lowest BCUT2D eigenvalue weighted by Gasteiger charge is -2.04. The summed E-state index contributed by atoms with van der Waals surface area (Å²) in [6.45, 7) is 1.68. The number of nitrogens with one attached hydrogen (secondary N) is 1. The fourth-order valence-electron chi connectivity index (χ4n) is 0.876. The summed E-state index contributed by atoms with van der Waals surface area (Å²) in [6.07, 6.45) is 0. The molecule has 0 radical (unpaired) electrons. The van der Waals surface area contributed by atoms with E-state index in [0.29, 0.717) is 11.6 Å². The molecule has 0 aliphatic heterocycles. The van der Waals surface area contributed by atoms with Crippen LogP contribution in [-0.4, -0.2) is 29.5 Å². The Morgan fingerprint density at radius 1 is 1.64 bits per heavy atom. The number of anilines is 1. The van der Waals surface area contributed by atoms with E-state index in [4.69, 9.17) is 10.5 Å². The third kappa shape index (κ3) is 2.67. The largest absolute Gasteiger partial charge is 0.481 e. The van der Waals surface area contributed by atoms with Gasteiger partial charge in [0.2, 0.25) is 17.7 Å². The van der Waals surface area contributed by atoms with Gasteiger partial charge in [0.1, 0.15) is 0 Å². The molecule has 0 aliphatic rings. The van der Waals surface area contributed by atoms with E-state index in [1.165, 1.54) is 7.11 Å². The van der Waals surface area contributed by atoms with Crippen LogP contribution in [0.1, 0.15) is 5.69 Å². The van der Waals surface area contributed by atoms with E-state index in [1.54, 1.807) is 13.0 Å². The molecule has 14 heavy (non-hydrogen) atoms. The Hall–Kier alpha value is -1.69. The molecule has 0 bridgehead atoms. The van der Waals surface area contributed by atoms with Crippen LogP contribution in [0.3, 0.4) is 0 Å². The lowest BCUT2D eigenvalue weighted by molar-refractivity contribution is -0.114. The normalized spacial score (nSPS) is 9.64. The number of carbonyl (C=O) groups is 1. The van der Waals surface area contributed by atoms with Gasteiger partial charge >= 0.3 is 0 Å². The Labute approximate surface area is 81.5 Å². The molecule has 76 valence electrons. The van der Waals surface area contributed by atoms with Gasteiger partial charge in [-0.15, -0.1) is 0 Å². The van der Waals surface area contributed by atoms with E-state index in [9.17, 15) is 4.79 Å². The number of hydrogen-bond donors (Lipinski definition) is 2. The minimum Gasteiger partial charge on any atom is -0.481 e. The number of aromatic nitrogens is 2. The van der Waals surface area contributed by atoms with Gasteiger partial charge in [0.25, 0.3) is 0 Å². The minimum absolute atomic E-state index is 0.0976. The molecule has 1 aromatic rings. The van der Waals surface area contributed by atoms with Gasteiger partial charge in [-0.05, 0) is 6.92 Å². The van der Waals surface area contributed by atoms with Crippen molar-refractivity contribution in [3.05, 3.63) is 11.8 Å². The van der Waals surface area contributed by atoms with E-state index < -0.39 is 0 Å². The molecule has 6 heteroatoms. The molecule has 0 spiro atoms. The van der Waals surface area contributed by atoms with Crippen molar-refractivity contribution in [3.8, 4) is 5.88 Å². The first-order chi connectivity index (χ1) is 6.65. The van der Waals surface area contributed by atoms with Crippen molar-refractivity contribution in [3.63, 3.8) is 0 Å². The monoisotopic (exact) mass is 196 g/mol. The highest BCUT2D eigenvalue weighted by atomic mass is 16.5. The SMILES string of the molecule is COc1cc(C)nc(NC(=O)CN)n1. The number of ether oxygens (including phenoxy) is 1. The summed E-state index contributed by atoms with van der Waals surface area (Å²) in [4.78, 5) is 18.8. The maximum Gasteiger partial charge on any atom is 0.240 e. The number of nitrogens with zero attached hydrogens (tertiary/aromatic N) is 2. The van der Waals surface area contributed by atoms with E-state index in [1.807, 2.05) is 0 Å². The zero-order valence-corrected chi connectivity index (χ0v) is 8.07. The summed E-state index contributed by atoms with van der Waals surface area (Å²) >= 11 is 0. The van der Waals surface area contributed by atoms with Crippen LogP contribution in [0.15, 0.2) is 6.07 Å². The minimum atomic E-state index is -0.336. The van der Waals surface area contributed by atoms with E-state index in [-0.39, 0.29) is 18.4 Å². The molecule has 3 N–H and O–H groups in total. The molecule has 0 aromatic carbocycles. The van der Waals surface area contributed by atoms with Gasteiger partial charge in [-0.2, -0.15) is 4.98 Å². The summed E-state index contributed by atoms with van der Waals surface area (Å²) in [6, 6.07) is 1.66. The predicted octanol–water partition coefficient (Wildman–Crippen LogP) is -0.309. The van der Waals surface area contributed by atoms with E-state index >= 15 is 0 Å². The van der Waals surface area contributed by atoms with Crippen LogP contribution < -0.4 is 15.8 Å². The van der Waals surface area contributed by atoms with Gasteiger partial charge in [-0.1, -0.05) is 0 Å². The zero-order chi connectivity index (χ0) is 10.6. The fraction of sp³-hybridized carbons (Fsp3) is 0.375. The van der Waals surface area contributed by atoms with Gasteiger partial charge in [0, 0.05) is 11.8 Å². The first-order valence-electron chi connectivity index (χ1n) is 4.05. The smallest absolute Gasteiger partial charge is 0.240 e. The molecule has 6 nitrogen and oxygen atoms in total. The molecule has 1 aromatic heterocycles. The van der Waals surface area contributed by atoms with Gasteiger partial charge < -0.3 is 10.5 Å². The highest BCUT2D eigenvalue weighted by molar-refractivity contribution is 5.90. The number of carbonyl (C=O) groups excluding carboxylic acids is 1. The van der Waals surface area contributed by atoms with Gasteiger partial charge in [0.05, 0.1) is 13.7 Å². The van der Waals surface area contributed by atoms with Crippen molar-refractivity contribution in [2.45, 2.75) is 6.92 Å². The van der Waals surface area contributed by atoms with Crippen molar-refractivity contribution in [2.75, 3.05) is 19.0 Å². The summed E-state index contributed by atoms with van der Waals surface area (Å²) in [5.74, 6) is 0.278. The standard InChI is InChI=1S/C8H12N4O2/c1-5-3-7(14-2)12-8(10-5)11-6(13)4-9/h3H,4,9H2,1-2H3,(H,10,11,12,13). The Kier molecular flexibility index (Phi) is 3.35. The Balaban J connectivity index is 2.86. The van der Waals surface area contributed by atoms with Crippen molar-refractivity contribution >= 4 is 11.9 Å². The van der Waals surface area contributed by atoms with Crippen molar-refractivity contribution in [1.29, 1.82) is 0 Å². The molecular weight excluding hydrogens is 184 g/mol. The fourth-order valence-corrected chi connectivity index (χ4v) is 0.876. The summed E-state index contributed by atoms with van der Waals surface area (Å²) in [5.41, 5.74) is 5.84. The molecule has 1 amide bonds. The molecule has 0 atom stereocenters. The Bertz CT molecular complexity index is 340. The molecule has 1 heterocycles.